The number of carbonyl (C=O) groups is 1. The second-order valence-corrected chi connectivity index (χ2v) is 6.85. The molecule has 3 aromatic rings. The number of ether oxygens (including phenoxy) is 1. The molecule has 2 N–H and O–H groups in total. The van der Waals surface area contributed by atoms with Crippen LogP contribution in [-0.4, -0.2) is 37.9 Å². The molecule has 3 rings (SSSR count). The summed E-state index contributed by atoms with van der Waals surface area (Å²) in [5.74, 6) is -3.67. The number of hydrogen-bond acceptors (Lipinski definition) is 8. The van der Waals surface area contributed by atoms with Gasteiger partial charge in [0.1, 0.15) is 11.6 Å². The predicted octanol–water partition coefficient (Wildman–Crippen LogP) is 3.60. The fourth-order valence-corrected chi connectivity index (χ4v) is 2.69. The van der Waals surface area contributed by atoms with E-state index in [9.17, 15) is 13.6 Å². The SMILES string of the molecule is COCc1cnc(-c2cnc(NC(C)=O)cc2Nc2cc(C)nc(C(C)(F)F)n2)cn1. The molecule has 0 atom stereocenters. The lowest BCUT2D eigenvalue weighted by Gasteiger charge is -2.15. The van der Waals surface area contributed by atoms with Gasteiger partial charge in [0, 0.05) is 50.5 Å². The zero-order valence-electron chi connectivity index (χ0n) is 17.4. The quantitative estimate of drug-likeness (QED) is 0.586. The molecule has 162 valence electrons. The van der Waals surface area contributed by atoms with E-state index in [0.29, 0.717) is 34.9 Å². The van der Waals surface area contributed by atoms with Crippen molar-refractivity contribution in [2.45, 2.75) is 33.3 Å². The lowest BCUT2D eigenvalue weighted by Crippen LogP contribution is -2.14. The van der Waals surface area contributed by atoms with Gasteiger partial charge in [-0.05, 0) is 6.92 Å². The van der Waals surface area contributed by atoms with Crippen LogP contribution in [0.3, 0.4) is 0 Å². The average Bonchev–Trinajstić information content (AvgIpc) is 2.68. The smallest absolute Gasteiger partial charge is 0.303 e. The second kappa shape index (κ2) is 9.04. The van der Waals surface area contributed by atoms with Crippen LogP contribution < -0.4 is 10.6 Å². The van der Waals surface area contributed by atoms with E-state index in [2.05, 4.69) is 35.6 Å². The molecule has 1 amide bonds. The number of anilines is 3. The maximum absolute atomic E-state index is 13.8. The highest BCUT2D eigenvalue weighted by Gasteiger charge is 2.29. The van der Waals surface area contributed by atoms with Gasteiger partial charge in [0.25, 0.3) is 0 Å². The van der Waals surface area contributed by atoms with Gasteiger partial charge in [-0.1, -0.05) is 0 Å². The van der Waals surface area contributed by atoms with Gasteiger partial charge in [-0.25, -0.2) is 15.0 Å². The average molecular weight is 429 g/mol. The van der Waals surface area contributed by atoms with Crippen molar-refractivity contribution in [2.24, 2.45) is 0 Å². The first kappa shape index (κ1) is 22.1. The minimum absolute atomic E-state index is 0.161. The highest BCUT2D eigenvalue weighted by atomic mass is 19.3. The monoisotopic (exact) mass is 429 g/mol. The van der Waals surface area contributed by atoms with E-state index in [-0.39, 0.29) is 17.5 Å². The van der Waals surface area contributed by atoms with Gasteiger partial charge in [0.15, 0.2) is 0 Å². The molecule has 0 unspecified atom stereocenters. The molecule has 3 aromatic heterocycles. The van der Waals surface area contributed by atoms with Crippen LogP contribution in [-0.2, 0) is 22.1 Å². The van der Waals surface area contributed by atoms with E-state index in [1.165, 1.54) is 19.2 Å². The maximum Gasteiger partial charge on any atom is 0.303 e. The molecule has 0 saturated carbocycles. The first-order chi connectivity index (χ1) is 14.7. The van der Waals surface area contributed by atoms with E-state index in [1.807, 2.05) is 0 Å². The minimum Gasteiger partial charge on any atom is -0.378 e. The number of alkyl halides is 2. The summed E-state index contributed by atoms with van der Waals surface area (Å²) < 4.78 is 32.6. The topological polar surface area (TPSA) is 115 Å². The lowest BCUT2D eigenvalue weighted by atomic mass is 10.1. The zero-order chi connectivity index (χ0) is 22.6. The number of rotatable bonds is 7. The molecule has 3 heterocycles. The predicted molar refractivity (Wildman–Crippen MR) is 110 cm³/mol. The van der Waals surface area contributed by atoms with E-state index < -0.39 is 11.7 Å². The number of aryl methyl sites for hydroxylation is 1. The number of methoxy groups -OCH3 is 1. The first-order valence-corrected chi connectivity index (χ1v) is 9.24. The Balaban J connectivity index is 2.04. The standard InChI is InChI=1S/C20H21F2N7O2/c1-11-5-18(29-19(26-11)20(3,21)22)28-15-6-17(27-12(2)30)25-8-14(15)16-9-23-13(7-24-16)10-31-4/h5-9H,10H2,1-4H3,(H2,25,26,27,28,29,30). The highest BCUT2D eigenvalue weighted by Crippen LogP contribution is 2.31. The molecular formula is C20H21F2N7O2. The van der Waals surface area contributed by atoms with Crippen molar-refractivity contribution in [3.8, 4) is 11.3 Å². The van der Waals surface area contributed by atoms with E-state index in [0.717, 1.165) is 6.92 Å². The Kier molecular flexibility index (Phi) is 6.44. The van der Waals surface area contributed by atoms with Crippen LogP contribution in [0.25, 0.3) is 11.3 Å². The van der Waals surface area contributed by atoms with Crippen molar-refractivity contribution >= 4 is 23.2 Å². The number of carbonyl (C=O) groups excluding carboxylic acids is 1. The normalized spacial score (nSPS) is 11.3. The number of nitrogens with one attached hydrogen (secondary N) is 2. The Morgan fingerprint density at radius 1 is 1.10 bits per heavy atom. The van der Waals surface area contributed by atoms with Gasteiger partial charge in [-0.3, -0.25) is 14.8 Å². The number of halogens is 2. The summed E-state index contributed by atoms with van der Waals surface area (Å²) in [5.41, 5.74) is 2.47. The Morgan fingerprint density at radius 2 is 1.87 bits per heavy atom. The largest absolute Gasteiger partial charge is 0.378 e. The van der Waals surface area contributed by atoms with Gasteiger partial charge in [0.05, 0.1) is 36.1 Å². The van der Waals surface area contributed by atoms with Crippen molar-refractivity contribution in [3.05, 3.63) is 47.9 Å². The number of pyridine rings is 1. The number of nitrogens with zero attached hydrogens (tertiary/aromatic N) is 5. The second-order valence-electron chi connectivity index (χ2n) is 6.85. The van der Waals surface area contributed by atoms with Gasteiger partial charge >= 0.3 is 5.92 Å². The number of amides is 1. The molecule has 0 radical (unpaired) electrons. The van der Waals surface area contributed by atoms with Crippen molar-refractivity contribution in [2.75, 3.05) is 17.7 Å². The van der Waals surface area contributed by atoms with Crippen LogP contribution >= 0.6 is 0 Å². The van der Waals surface area contributed by atoms with Crippen LogP contribution in [0, 0.1) is 6.92 Å². The third kappa shape index (κ3) is 5.72. The number of aromatic nitrogens is 5. The van der Waals surface area contributed by atoms with Gasteiger partial charge < -0.3 is 15.4 Å². The Bertz CT molecular complexity index is 1090. The molecule has 0 aliphatic rings. The fourth-order valence-electron chi connectivity index (χ4n) is 2.69. The van der Waals surface area contributed by atoms with E-state index in [4.69, 9.17) is 4.74 Å². The molecule has 9 nitrogen and oxygen atoms in total. The highest BCUT2D eigenvalue weighted by molar-refractivity contribution is 5.89. The summed E-state index contributed by atoms with van der Waals surface area (Å²) in [6, 6.07) is 3.09. The Hall–Kier alpha value is -3.60. The molecule has 11 heteroatoms. The summed E-state index contributed by atoms with van der Waals surface area (Å²) in [5, 5.41) is 5.60. The molecule has 0 aliphatic heterocycles. The molecule has 0 saturated heterocycles. The number of hydrogen-bond donors (Lipinski definition) is 2. The van der Waals surface area contributed by atoms with Crippen LogP contribution in [0.5, 0.6) is 0 Å². The van der Waals surface area contributed by atoms with Crippen LogP contribution in [0.15, 0.2) is 30.7 Å². The molecule has 0 spiro atoms. The Labute approximate surface area is 177 Å². The van der Waals surface area contributed by atoms with Crippen LogP contribution in [0.2, 0.25) is 0 Å². The first-order valence-electron chi connectivity index (χ1n) is 9.24. The van der Waals surface area contributed by atoms with Gasteiger partial charge in [-0.2, -0.15) is 8.78 Å². The van der Waals surface area contributed by atoms with Crippen molar-refractivity contribution in [1.29, 1.82) is 0 Å². The summed E-state index contributed by atoms with van der Waals surface area (Å²) in [4.78, 5) is 32.0. The molecular weight excluding hydrogens is 408 g/mol. The lowest BCUT2D eigenvalue weighted by molar-refractivity contribution is -0.114. The third-order valence-electron chi connectivity index (χ3n) is 3.99. The van der Waals surface area contributed by atoms with Crippen molar-refractivity contribution in [1.82, 2.24) is 24.9 Å². The van der Waals surface area contributed by atoms with Gasteiger partial charge in [0.2, 0.25) is 11.7 Å². The van der Waals surface area contributed by atoms with Crippen molar-refractivity contribution < 1.29 is 18.3 Å². The fraction of sp³-hybridized carbons (Fsp3) is 0.300. The summed E-state index contributed by atoms with van der Waals surface area (Å²) in [6.07, 6.45) is 4.61. The van der Waals surface area contributed by atoms with E-state index >= 15 is 0 Å². The van der Waals surface area contributed by atoms with Crippen molar-refractivity contribution in [3.63, 3.8) is 0 Å². The maximum atomic E-state index is 13.8. The summed E-state index contributed by atoms with van der Waals surface area (Å²) in [7, 11) is 1.56. The molecule has 0 aromatic carbocycles. The van der Waals surface area contributed by atoms with Crippen LogP contribution in [0.4, 0.5) is 26.1 Å². The van der Waals surface area contributed by atoms with E-state index in [1.54, 1.807) is 32.5 Å². The van der Waals surface area contributed by atoms with Crippen LogP contribution in [0.1, 0.15) is 31.1 Å². The zero-order valence-corrected chi connectivity index (χ0v) is 17.4. The van der Waals surface area contributed by atoms with Gasteiger partial charge in [-0.15, -0.1) is 0 Å². The molecule has 31 heavy (non-hydrogen) atoms. The molecule has 0 bridgehead atoms. The molecule has 0 fully saturated rings. The summed E-state index contributed by atoms with van der Waals surface area (Å²) in [6.45, 7) is 3.99. The minimum atomic E-state index is -3.20. The summed E-state index contributed by atoms with van der Waals surface area (Å²) >= 11 is 0. The Morgan fingerprint density at radius 3 is 2.48 bits per heavy atom. The third-order valence-corrected chi connectivity index (χ3v) is 3.99. The molecule has 0 aliphatic carbocycles.